The minimum absolute atomic E-state index is 0.0947. The standard InChI is InChI=1S/C15H12F3NO3/c1-22-14-7-6-13(19(20)21)9-11(14)8-10-2-4-12(5-3-10)15(16,17)18/h2-7,9H,8H2,1H3. The molecule has 7 heteroatoms. The summed E-state index contributed by atoms with van der Waals surface area (Å²) in [6.07, 6.45) is -4.15. The number of ether oxygens (including phenoxy) is 1. The van der Waals surface area contributed by atoms with Crippen LogP contribution in [0.2, 0.25) is 0 Å². The quantitative estimate of drug-likeness (QED) is 0.627. The van der Waals surface area contributed by atoms with E-state index in [1.807, 2.05) is 0 Å². The zero-order chi connectivity index (χ0) is 16.3. The minimum Gasteiger partial charge on any atom is -0.496 e. The summed E-state index contributed by atoms with van der Waals surface area (Å²) in [6, 6.07) is 8.81. The van der Waals surface area contributed by atoms with E-state index in [0.717, 1.165) is 12.1 Å². The molecule has 0 saturated carbocycles. The van der Waals surface area contributed by atoms with Crippen LogP contribution in [0, 0.1) is 10.1 Å². The number of methoxy groups -OCH3 is 1. The first-order chi connectivity index (χ1) is 10.3. The number of nitrogens with zero attached hydrogens (tertiary/aromatic N) is 1. The number of halogens is 3. The zero-order valence-electron chi connectivity index (χ0n) is 11.6. The van der Waals surface area contributed by atoms with Gasteiger partial charge < -0.3 is 4.74 Å². The van der Waals surface area contributed by atoms with E-state index in [1.165, 1.54) is 37.4 Å². The number of nitro groups is 1. The molecule has 0 heterocycles. The highest BCUT2D eigenvalue weighted by Gasteiger charge is 2.29. The summed E-state index contributed by atoms with van der Waals surface area (Å²) in [5, 5.41) is 10.8. The molecular weight excluding hydrogens is 299 g/mol. The first-order valence-electron chi connectivity index (χ1n) is 6.28. The molecule has 2 aromatic carbocycles. The van der Waals surface area contributed by atoms with Crippen LogP contribution in [0.25, 0.3) is 0 Å². The Morgan fingerprint density at radius 2 is 1.77 bits per heavy atom. The highest BCUT2D eigenvalue weighted by Crippen LogP contribution is 2.30. The Bertz CT molecular complexity index is 681. The Hall–Kier alpha value is -2.57. The van der Waals surface area contributed by atoms with Crippen LogP contribution in [0.1, 0.15) is 16.7 Å². The van der Waals surface area contributed by atoms with Crippen LogP contribution in [-0.2, 0) is 12.6 Å². The summed E-state index contributed by atoms with van der Waals surface area (Å²) in [4.78, 5) is 10.3. The van der Waals surface area contributed by atoms with Gasteiger partial charge in [0, 0.05) is 24.1 Å². The fraction of sp³-hybridized carbons (Fsp3) is 0.200. The molecule has 0 aromatic heterocycles. The molecule has 4 nitrogen and oxygen atoms in total. The van der Waals surface area contributed by atoms with Gasteiger partial charge in [-0.05, 0) is 23.8 Å². The molecule has 0 atom stereocenters. The van der Waals surface area contributed by atoms with Crippen LogP contribution in [0.15, 0.2) is 42.5 Å². The third kappa shape index (κ3) is 3.55. The molecule has 0 aliphatic heterocycles. The molecular formula is C15H12F3NO3. The van der Waals surface area contributed by atoms with Crippen molar-refractivity contribution < 1.29 is 22.8 Å². The van der Waals surface area contributed by atoms with Crippen molar-refractivity contribution in [2.45, 2.75) is 12.6 Å². The number of non-ortho nitro benzene ring substituents is 1. The molecule has 0 radical (unpaired) electrons. The van der Waals surface area contributed by atoms with E-state index in [1.54, 1.807) is 0 Å². The van der Waals surface area contributed by atoms with Gasteiger partial charge in [0.25, 0.3) is 5.69 Å². The van der Waals surface area contributed by atoms with E-state index >= 15 is 0 Å². The highest BCUT2D eigenvalue weighted by molar-refractivity contribution is 5.46. The molecule has 0 unspecified atom stereocenters. The van der Waals surface area contributed by atoms with Gasteiger partial charge in [-0.25, -0.2) is 0 Å². The van der Waals surface area contributed by atoms with E-state index < -0.39 is 16.7 Å². The van der Waals surface area contributed by atoms with Gasteiger partial charge in [-0.2, -0.15) is 13.2 Å². The Labute approximate surface area is 124 Å². The maximum atomic E-state index is 12.5. The highest BCUT2D eigenvalue weighted by atomic mass is 19.4. The molecule has 2 rings (SSSR count). The average molecular weight is 311 g/mol. The van der Waals surface area contributed by atoms with E-state index in [9.17, 15) is 23.3 Å². The van der Waals surface area contributed by atoms with Gasteiger partial charge in [-0.3, -0.25) is 10.1 Å². The molecule has 0 spiro atoms. The van der Waals surface area contributed by atoms with E-state index in [-0.39, 0.29) is 12.1 Å². The van der Waals surface area contributed by atoms with Crippen LogP contribution in [0.4, 0.5) is 18.9 Å². The summed E-state index contributed by atoms with van der Waals surface area (Å²) in [5.41, 5.74) is 0.313. The van der Waals surface area contributed by atoms with Crippen LogP contribution < -0.4 is 4.74 Å². The Balaban J connectivity index is 2.30. The van der Waals surface area contributed by atoms with Gasteiger partial charge in [0.15, 0.2) is 0 Å². The minimum atomic E-state index is -4.39. The number of hydrogen-bond donors (Lipinski definition) is 0. The zero-order valence-corrected chi connectivity index (χ0v) is 11.6. The second-order valence-corrected chi connectivity index (χ2v) is 4.62. The second-order valence-electron chi connectivity index (χ2n) is 4.62. The average Bonchev–Trinajstić information content (AvgIpc) is 2.46. The largest absolute Gasteiger partial charge is 0.496 e. The lowest BCUT2D eigenvalue weighted by Gasteiger charge is -2.10. The van der Waals surface area contributed by atoms with Crippen LogP contribution >= 0.6 is 0 Å². The van der Waals surface area contributed by atoms with Crippen molar-refractivity contribution in [1.29, 1.82) is 0 Å². The Morgan fingerprint density at radius 1 is 1.14 bits per heavy atom. The normalized spacial score (nSPS) is 11.3. The fourth-order valence-corrected chi connectivity index (χ4v) is 2.05. The van der Waals surface area contributed by atoms with Gasteiger partial charge in [0.2, 0.25) is 0 Å². The molecule has 2 aromatic rings. The van der Waals surface area contributed by atoms with Crippen molar-refractivity contribution in [2.24, 2.45) is 0 Å². The number of hydrogen-bond acceptors (Lipinski definition) is 3. The summed E-state index contributed by atoms with van der Waals surface area (Å²) in [7, 11) is 1.43. The van der Waals surface area contributed by atoms with Gasteiger partial charge in [0.1, 0.15) is 5.75 Å². The summed E-state index contributed by atoms with van der Waals surface area (Å²) in [6.45, 7) is 0. The lowest BCUT2D eigenvalue weighted by molar-refractivity contribution is -0.384. The second kappa shape index (κ2) is 6.05. The fourth-order valence-electron chi connectivity index (χ4n) is 2.05. The van der Waals surface area contributed by atoms with Crippen molar-refractivity contribution >= 4 is 5.69 Å². The maximum absolute atomic E-state index is 12.5. The monoisotopic (exact) mass is 311 g/mol. The van der Waals surface area contributed by atoms with Crippen LogP contribution in [-0.4, -0.2) is 12.0 Å². The van der Waals surface area contributed by atoms with Crippen molar-refractivity contribution in [2.75, 3.05) is 7.11 Å². The third-order valence-corrected chi connectivity index (χ3v) is 3.15. The molecule has 22 heavy (non-hydrogen) atoms. The van der Waals surface area contributed by atoms with Crippen molar-refractivity contribution in [3.63, 3.8) is 0 Å². The molecule has 0 bridgehead atoms. The van der Waals surface area contributed by atoms with Crippen molar-refractivity contribution in [3.8, 4) is 5.75 Å². The lowest BCUT2D eigenvalue weighted by atomic mass is 10.0. The first kappa shape index (κ1) is 15.8. The summed E-state index contributed by atoms with van der Waals surface area (Å²) in [5.74, 6) is 0.450. The van der Waals surface area contributed by atoms with Gasteiger partial charge in [-0.1, -0.05) is 12.1 Å². The topological polar surface area (TPSA) is 52.4 Å². The predicted molar refractivity (Wildman–Crippen MR) is 73.9 cm³/mol. The predicted octanol–water partition coefficient (Wildman–Crippen LogP) is 4.21. The number of alkyl halides is 3. The van der Waals surface area contributed by atoms with Gasteiger partial charge >= 0.3 is 6.18 Å². The number of benzene rings is 2. The van der Waals surface area contributed by atoms with Gasteiger partial charge in [0.05, 0.1) is 17.6 Å². The van der Waals surface area contributed by atoms with Crippen molar-refractivity contribution in [3.05, 3.63) is 69.3 Å². The van der Waals surface area contributed by atoms with E-state index in [4.69, 9.17) is 4.74 Å². The molecule has 116 valence electrons. The van der Waals surface area contributed by atoms with E-state index in [2.05, 4.69) is 0 Å². The number of nitro benzene ring substituents is 1. The van der Waals surface area contributed by atoms with Crippen LogP contribution in [0.3, 0.4) is 0 Å². The Kier molecular flexibility index (Phi) is 4.35. The van der Waals surface area contributed by atoms with E-state index in [0.29, 0.717) is 16.9 Å². The SMILES string of the molecule is COc1ccc([N+](=O)[O-])cc1Cc1ccc(C(F)(F)F)cc1. The molecule has 0 amide bonds. The molecule has 0 aliphatic rings. The molecule has 0 saturated heterocycles. The maximum Gasteiger partial charge on any atom is 0.416 e. The number of rotatable bonds is 4. The van der Waals surface area contributed by atoms with Crippen molar-refractivity contribution in [1.82, 2.24) is 0 Å². The third-order valence-electron chi connectivity index (χ3n) is 3.15. The van der Waals surface area contributed by atoms with Gasteiger partial charge in [-0.15, -0.1) is 0 Å². The summed E-state index contributed by atoms with van der Waals surface area (Å²) >= 11 is 0. The smallest absolute Gasteiger partial charge is 0.416 e. The Morgan fingerprint density at radius 3 is 2.27 bits per heavy atom. The molecule has 0 aliphatic carbocycles. The summed E-state index contributed by atoms with van der Waals surface area (Å²) < 4.78 is 42.7. The van der Waals surface area contributed by atoms with Crippen LogP contribution in [0.5, 0.6) is 5.75 Å². The molecule has 0 N–H and O–H groups in total. The first-order valence-corrected chi connectivity index (χ1v) is 6.28. The lowest BCUT2D eigenvalue weighted by Crippen LogP contribution is -2.04. The molecule has 0 fully saturated rings.